The van der Waals surface area contributed by atoms with Gasteiger partial charge in [0, 0.05) is 20.2 Å². The van der Waals surface area contributed by atoms with Gasteiger partial charge < -0.3 is 9.26 Å². The number of rotatable bonds is 6. The van der Waals surface area contributed by atoms with Crippen LogP contribution in [-0.4, -0.2) is 45.8 Å². The van der Waals surface area contributed by atoms with E-state index in [9.17, 15) is 8.42 Å². The van der Waals surface area contributed by atoms with Crippen LogP contribution in [-0.2, 0) is 28.4 Å². The lowest BCUT2D eigenvalue weighted by Crippen LogP contribution is -2.32. The fourth-order valence-electron chi connectivity index (χ4n) is 3.18. The molecule has 0 amide bonds. The quantitative estimate of drug-likeness (QED) is 0.760. The van der Waals surface area contributed by atoms with E-state index in [0.717, 1.165) is 6.42 Å². The molecule has 1 atom stereocenters. The Balaban J connectivity index is 1.92. The molecule has 0 spiro atoms. The molecule has 0 saturated carbocycles. The first-order chi connectivity index (χ1) is 11.9. The number of sulfonamides is 1. The largest absolute Gasteiger partial charge is 0.372 e. The lowest BCUT2D eigenvalue weighted by atomic mass is 10.2. The van der Waals surface area contributed by atoms with Crippen LogP contribution >= 0.6 is 0 Å². The molecule has 9 nitrogen and oxygen atoms in total. The summed E-state index contributed by atoms with van der Waals surface area (Å²) >= 11 is 0. The van der Waals surface area contributed by atoms with Gasteiger partial charge in [0.15, 0.2) is 5.82 Å². The second-order valence-corrected chi connectivity index (χ2v) is 7.91. The van der Waals surface area contributed by atoms with Crippen molar-refractivity contribution in [2.45, 2.75) is 51.2 Å². The Morgan fingerprint density at radius 3 is 2.76 bits per heavy atom. The molecule has 0 aromatic carbocycles. The molecule has 3 rings (SSSR count). The fourth-order valence-corrected chi connectivity index (χ4v) is 5.24. The van der Waals surface area contributed by atoms with Crippen molar-refractivity contribution < 1.29 is 17.7 Å². The first-order valence-electron chi connectivity index (χ1n) is 8.28. The van der Waals surface area contributed by atoms with Gasteiger partial charge in [-0.05, 0) is 33.6 Å². The third-order valence-electron chi connectivity index (χ3n) is 4.42. The molecule has 10 heteroatoms. The molecule has 2 aromatic rings. The molecule has 1 aliphatic rings. The molecule has 1 unspecified atom stereocenters. The maximum atomic E-state index is 13.2. The Hall–Kier alpha value is -1.78. The Labute approximate surface area is 147 Å². The van der Waals surface area contributed by atoms with Gasteiger partial charge in [0.05, 0.1) is 17.4 Å². The van der Waals surface area contributed by atoms with Crippen LogP contribution in [0.4, 0.5) is 0 Å². The maximum Gasteiger partial charge on any atom is 0.252 e. The normalized spacial score (nSPS) is 19.0. The van der Waals surface area contributed by atoms with E-state index in [1.54, 1.807) is 25.6 Å². The van der Waals surface area contributed by atoms with Crippen molar-refractivity contribution in [1.82, 2.24) is 24.2 Å². The summed E-state index contributed by atoms with van der Waals surface area (Å²) in [6.45, 7) is 6.54. The molecule has 0 N–H and O–H groups in total. The van der Waals surface area contributed by atoms with E-state index < -0.39 is 16.1 Å². The second-order valence-electron chi connectivity index (χ2n) is 6.08. The summed E-state index contributed by atoms with van der Waals surface area (Å²) in [6, 6.07) is -0.428. The number of nitrogens with zero attached hydrogens (tertiary/aromatic N) is 5. The first-order valence-corrected chi connectivity index (χ1v) is 9.72. The van der Waals surface area contributed by atoms with E-state index in [4.69, 9.17) is 9.26 Å². The van der Waals surface area contributed by atoms with Crippen molar-refractivity contribution in [2.24, 2.45) is 7.05 Å². The van der Waals surface area contributed by atoms with Crippen molar-refractivity contribution in [3.05, 3.63) is 23.1 Å². The van der Waals surface area contributed by atoms with Crippen LogP contribution in [0.5, 0.6) is 0 Å². The van der Waals surface area contributed by atoms with E-state index >= 15 is 0 Å². The summed E-state index contributed by atoms with van der Waals surface area (Å²) in [5.74, 6) is 0.741. The minimum absolute atomic E-state index is 0.226. The van der Waals surface area contributed by atoms with Gasteiger partial charge in [-0.1, -0.05) is 5.16 Å². The molecule has 25 heavy (non-hydrogen) atoms. The Morgan fingerprint density at radius 1 is 1.36 bits per heavy atom. The van der Waals surface area contributed by atoms with Gasteiger partial charge in [-0.3, -0.25) is 4.68 Å². The lowest BCUT2D eigenvalue weighted by Gasteiger charge is -2.21. The Kier molecular flexibility index (Phi) is 4.94. The van der Waals surface area contributed by atoms with Gasteiger partial charge in [-0.15, -0.1) is 0 Å². The van der Waals surface area contributed by atoms with Crippen molar-refractivity contribution in [3.8, 4) is 0 Å². The van der Waals surface area contributed by atoms with Gasteiger partial charge in [0.1, 0.15) is 11.5 Å². The highest BCUT2D eigenvalue weighted by Gasteiger charge is 2.41. The van der Waals surface area contributed by atoms with Gasteiger partial charge in [-0.25, -0.2) is 8.42 Å². The molecule has 1 aliphatic heterocycles. The van der Waals surface area contributed by atoms with Crippen LogP contribution in [0.1, 0.15) is 48.9 Å². The number of aromatic nitrogens is 4. The first kappa shape index (κ1) is 18.0. The fraction of sp³-hybridized carbons (Fsp3) is 0.667. The Bertz CT molecular complexity index is 857. The predicted molar refractivity (Wildman–Crippen MR) is 88.2 cm³/mol. The SMILES string of the molecule is CCOCc1nc(C2CCCN2S(=O)(=O)c2c(C)nn(C)c2C)no1. The zero-order valence-corrected chi connectivity index (χ0v) is 15.7. The summed E-state index contributed by atoms with van der Waals surface area (Å²) in [4.78, 5) is 4.57. The van der Waals surface area contributed by atoms with E-state index in [1.807, 2.05) is 6.92 Å². The molecule has 0 radical (unpaired) electrons. The number of ether oxygens (including phenoxy) is 1. The van der Waals surface area contributed by atoms with Crippen LogP contribution in [0.15, 0.2) is 9.42 Å². The van der Waals surface area contributed by atoms with E-state index in [-0.39, 0.29) is 11.5 Å². The van der Waals surface area contributed by atoms with Crippen LogP contribution in [0.3, 0.4) is 0 Å². The molecule has 138 valence electrons. The van der Waals surface area contributed by atoms with E-state index in [1.165, 1.54) is 4.31 Å². The second kappa shape index (κ2) is 6.85. The average molecular weight is 369 g/mol. The molecular weight excluding hydrogens is 346 g/mol. The molecule has 1 fully saturated rings. The van der Waals surface area contributed by atoms with Crippen molar-refractivity contribution in [3.63, 3.8) is 0 Å². The zero-order valence-electron chi connectivity index (χ0n) is 14.9. The Morgan fingerprint density at radius 2 is 2.12 bits per heavy atom. The lowest BCUT2D eigenvalue weighted by molar-refractivity contribution is 0.109. The minimum Gasteiger partial charge on any atom is -0.372 e. The van der Waals surface area contributed by atoms with E-state index in [0.29, 0.717) is 42.7 Å². The monoisotopic (exact) mass is 369 g/mol. The van der Waals surface area contributed by atoms with Gasteiger partial charge in [0.25, 0.3) is 5.89 Å². The molecule has 2 aromatic heterocycles. The minimum atomic E-state index is -3.69. The smallest absolute Gasteiger partial charge is 0.252 e. The summed E-state index contributed by atoms with van der Waals surface area (Å²) < 4.78 is 39.9. The molecule has 0 bridgehead atoms. The zero-order chi connectivity index (χ0) is 18.2. The van der Waals surface area contributed by atoms with Crippen LogP contribution < -0.4 is 0 Å². The van der Waals surface area contributed by atoms with Crippen molar-refractivity contribution in [2.75, 3.05) is 13.2 Å². The number of hydrogen-bond donors (Lipinski definition) is 0. The van der Waals surface area contributed by atoms with Crippen LogP contribution in [0.25, 0.3) is 0 Å². The van der Waals surface area contributed by atoms with Crippen molar-refractivity contribution >= 4 is 10.0 Å². The molecular formula is C15H23N5O4S. The van der Waals surface area contributed by atoms with E-state index in [2.05, 4.69) is 15.2 Å². The van der Waals surface area contributed by atoms with Crippen molar-refractivity contribution in [1.29, 1.82) is 0 Å². The summed E-state index contributed by atoms with van der Waals surface area (Å²) in [5.41, 5.74) is 1.11. The summed E-state index contributed by atoms with van der Waals surface area (Å²) in [6.07, 6.45) is 1.41. The van der Waals surface area contributed by atoms with Gasteiger partial charge >= 0.3 is 0 Å². The summed E-state index contributed by atoms with van der Waals surface area (Å²) in [7, 11) is -1.95. The van der Waals surface area contributed by atoms with Crippen LogP contribution in [0, 0.1) is 13.8 Å². The summed E-state index contributed by atoms with van der Waals surface area (Å²) in [5, 5.41) is 8.19. The molecule has 0 aliphatic carbocycles. The molecule has 3 heterocycles. The third-order valence-corrected chi connectivity index (χ3v) is 6.59. The third kappa shape index (κ3) is 3.21. The highest BCUT2D eigenvalue weighted by molar-refractivity contribution is 7.89. The standard InChI is InChI=1S/C15H23N5O4S/c1-5-23-9-13-16-15(18-24-13)12-7-6-8-20(12)25(21,22)14-10(2)17-19(4)11(14)3/h12H,5-9H2,1-4H3. The highest BCUT2D eigenvalue weighted by Crippen LogP contribution is 2.36. The average Bonchev–Trinajstić information content (AvgIpc) is 3.25. The maximum absolute atomic E-state index is 13.2. The molecule has 1 saturated heterocycles. The van der Waals surface area contributed by atoms with Gasteiger partial charge in [-0.2, -0.15) is 14.4 Å². The number of aryl methyl sites for hydroxylation is 2. The number of hydrogen-bond acceptors (Lipinski definition) is 7. The van der Waals surface area contributed by atoms with Crippen LogP contribution in [0.2, 0.25) is 0 Å². The topological polar surface area (TPSA) is 103 Å². The van der Waals surface area contributed by atoms with Gasteiger partial charge in [0.2, 0.25) is 10.0 Å². The highest BCUT2D eigenvalue weighted by atomic mass is 32.2. The predicted octanol–water partition coefficient (Wildman–Crippen LogP) is 1.48.